The van der Waals surface area contributed by atoms with Crippen molar-refractivity contribution < 1.29 is 5.11 Å². The summed E-state index contributed by atoms with van der Waals surface area (Å²) < 4.78 is 1.84. The minimum atomic E-state index is 0.0743. The monoisotopic (exact) mass is 216 g/mol. The van der Waals surface area contributed by atoms with Crippen LogP contribution >= 0.6 is 0 Å². The van der Waals surface area contributed by atoms with Crippen LogP contribution in [0.5, 0.6) is 5.88 Å². The van der Waals surface area contributed by atoms with Crippen molar-refractivity contribution in [3.05, 3.63) is 35.9 Å². The molecule has 0 aliphatic carbocycles. The quantitative estimate of drug-likeness (QED) is 0.837. The Morgan fingerprint density at radius 1 is 1.25 bits per heavy atom. The van der Waals surface area contributed by atoms with Gasteiger partial charge in [0.25, 0.3) is 0 Å². The van der Waals surface area contributed by atoms with Crippen molar-refractivity contribution in [1.29, 1.82) is 0 Å². The summed E-state index contributed by atoms with van der Waals surface area (Å²) in [7, 11) is 0. The lowest BCUT2D eigenvalue weighted by molar-refractivity contribution is 0.427. The molecule has 84 valence electrons. The molecule has 2 aromatic rings. The van der Waals surface area contributed by atoms with E-state index in [9.17, 15) is 5.11 Å². The van der Waals surface area contributed by atoms with Gasteiger partial charge >= 0.3 is 0 Å². The van der Waals surface area contributed by atoms with E-state index >= 15 is 0 Å². The van der Waals surface area contributed by atoms with Crippen LogP contribution in [0.3, 0.4) is 0 Å². The minimum absolute atomic E-state index is 0.0743. The number of hydrogen-bond acceptors (Lipinski definition) is 2. The van der Waals surface area contributed by atoms with Crippen LogP contribution in [0.4, 0.5) is 0 Å². The largest absolute Gasteiger partial charge is 0.492 e. The summed E-state index contributed by atoms with van der Waals surface area (Å²) in [5.74, 6) is 0.0743. The Morgan fingerprint density at radius 3 is 2.62 bits per heavy atom. The van der Waals surface area contributed by atoms with Gasteiger partial charge in [-0.3, -0.25) is 4.68 Å². The zero-order valence-electron chi connectivity index (χ0n) is 9.81. The molecule has 0 saturated carbocycles. The van der Waals surface area contributed by atoms with Gasteiger partial charge in [-0.15, -0.1) is 5.10 Å². The number of aryl methyl sites for hydroxylation is 1. The standard InChI is InChI=1S/C13H16N2O/c1-9(2)15-12(8-13(16)14-15)11-6-4-5-10(3)7-11/h4-9H,1-3H3,(H,14,16). The molecule has 3 nitrogen and oxygen atoms in total. The fraction of sp³-hybridized carbons (Fsp3) is 0.308. The van der Waals surface area contributed by atoms with Crippen LogP contribution in [0.2, 0.25) is 0 Å². The zero-order chi connectivity index (χ0) is 11.7. The third kappa shape index (κ3) is 1.94. The molecule has 1 heterocycles. The summed E-state index contributed by atoms with van der Waals surface area (Å²) in [5, 5.41) is 13.6. The van der Waals surface area contributed by atoms with E-state index in [1.54, 1.807) is 6.07 Å². The molecule has 0 atom stereocenters. The molecule has 0 unspecified atom stereocenters. The highest BCUT2D eigenvalue weighted by atomic mass is 16.3. The molecule has 1 N–H and O–H groups in total. The van der Waals surface area contributed by atoms with Gasteiger partial charge in [-0.2, -0.15) is 0 Å². The summed E-state index contributed by atoms with van der Waals surface area (Å²) in [6.45, 7) is 6.15. The molecule has 0 radical (unpaired) electrons. The third-order valence-electron chi connectivity index (χ3n) is 2.53. The van der Waals surface area contributed by atoms with Gasteiger partial charge < -0.3 is 5.11 Å². The van der Waals surface area contributed by atoms with E-state index in [4.69, 9.17) is 0 Å². The van der Waals surface area contributed by atoms with Crippen LogP contribution in [0.25, 0.3) is 11.3 Å². The first-order valence-corrected chi connectivity index (χ1v) is 5.43. The fourth-order valence-electron chi connectivity index (χ4n) is 1.80. The molecule has 0 bridgehead atoms. The average molecular weight is 216 g/mol. The summed E-state index contributed by atoms with van der Waals surface area (Å²) in [5.41, 5.74) is 3.24. The number of aromatic hydroxyl groups is 1. The highest BCUT2D eigenvalue weighted by Gasteiger charge is 2.11. The molecule has 0 fully saturated rings. The van der Waals surface area contributed by atoms with E-state index in [1.165, 1.54) is 5.56 Å². The van der Waals surface area contributed by atoms with E-state index in [0.29, 0.717) is 0 Å². The Morgan fingerprint density at radius 2 is 2.00 bits per heavy atom. The number of nitrogens with zero attached hydrogens (tertiary/aromatic N) is 2. The van der Waals surface area contributed by atoms with Crippen molar-refractivity contribution in [3.63, 3.8) is 0 Å². The molecule has 0 aliphatic heterocycles. The number of hydrogen-bond donors (Lipinski definition) is 1. The van der Waals surface area contributed by atoms with Crippen molar-refractivity contribution in [3.8, 4) is 17.1 Å². The number of benzene rings is 1. The van der Waals surface area contributed by atoms with Gasteiger partial charge in [0.1, 0.15) is 0 Å². The minimum Gasteiger partial charge on any atom is -0.492 e. The average Bonchev–Trinajstić information content (AvgIpc) is 2.60. The molecule has 3 heteroatoms. The van der Waals surface area contributed by atoms with E-state index < -0.39 is 0 Å². The smallest absolute Gasteiger partial charge is 0.230 e. The van der Waals surface area contributed by atoms with Crippen molar-refractivity contribution in [1.82, 2.24) is 9.78 Å². The first kappa shape index (κ1) is 10.7. The highest BCUT2D eigenvalue weighted by Crippen LogP contribution is 2.26. The van der Waals surface area contributed by atoms with Crippen LogP contribution in [0.1, 0.15) is 25.5 Å². The topological polar surface area (TPSA) is 38.1 Å². The maximum Gasteiger partial charge on any atom is 0.230 e. The molecule has 0 saturated heterocycles. The zero-order valence-corrected chi connectivity index (χ0v) is 9.81. The lowest BCUT2D eigenvalue weighted by Gasteiger charge is -2.10. The van der Waals surface area contributed by atoms with Gasteiger partial charge in [0.15, 0.2) is 0 Å². The van der Waals surface area contributed by atoms with Gasteiger partial charge in [-0.05, 0) is 26.8 Å². The lowest BCUT2D eigenvalue weighted by Crippen LogP contribution is -2.04. The maximum absolute atomic E-state index is 9.48. The SMILES string of the molecule is Cc1cccc(-c2cc(O)nn2C(C)C)c1. The molecule has 0 aliphatic rings. The van der Waals surface area contributed by atoms with E-state index in [1.807, 2.05) is 30.7 Å². The summed E-state index contributed by atoms with van der Waals surface area (Å²) >= 11 is 0. The summed E-state index contributed by atoms with van der Waals surface area (Å²) in [4.78, 5) is 0. The lowest BCUT2D eigenvalue weighted by atomic mass is 10.1. The van der Waals surface area contributed by atoms with Gasteiger partial charge in [0, 0.05) is 17.7 Å². The Balaban J connectivity index is 2.55. The predicted octanol–water partition coefficient (Wildman–Crippen LogP) is 3.15. The third-order valence-corrected chi connectivity index (χ3v) is 2.53. The van der Waals surface area contributed by atoms with Gasteiger partial charge in [-0.25, -0.2) is 0 Å². The first-order chi connectivity index (χ1) is 7.58. The summed E-state index contributed by atoms with van der Waals surface area (Å²) in [6.07, 6.45) is 0. The molecular weight excluding hydrogens is 200 g/mol. The molecule has 0 amide bonds. The number of rotatable bonds is 2. The fourth-order valence-corrected chi connectivity index (χ4v) is 1.80. The van der Waals surface area contributed by atoms with Crippen LogP contribution in [-0.4, -0.2) is 14.9 Å². The highest BCUT2D eigenvalue weighted by molar-refractivity contribution is 5.61. The summed E-state index contributed by atoms with van der Waals surface area (Å²) in [6, 6.07) is 10.1. The number of aromatic nitrogens is 2. The van der Waals surface area contributed by atoms with Crippen LogP contribution in [0, 0.1) is 6.92 Å². The van der Waals surface area contributed by atoms with Gasteiger partial charge in [0.05, 0.1) is 5.69 Å². The van der Waals surface area contributed by atoms with E-state index in [0.717, 1.165) is 11.3 Å². The van der Waals surface area contributed by atoms with Crippen molar-refractivity contribution in [2.45, 2.75) is 26.8 Å². The van der Waals surface area contributed by atoms with Crippen LogP contribution in [-0.2, 0) is 0 Å². The Kier molecular flexibility index (Phi) is 2.69. The first-order valence-electron chi connectivity index (χ1n) is 5.43. The van der Waals surface area contributed by atoms with Gasteiger partial charge in [-0.1, -0.05) is 23.8 Å². The maximum atomic E-state index is 9.48. The van der Waals surface area contributed by atoms with Crippen LogP contribution in [0.15, 0.2) is 30.3 Å². The van der Waals surface area contributed by atoms with Crippen LogP contribution < -0.4 is 0 Å². The molecule has 1 aromatic carbocycles. The van der Waals surface area contributed by atoms with Crippen molar-refractivity contribution in [2.24, 2.45) is 0 Å². The predicted molar refractivity (Wildman–Crippen MR) is 64.4 cm³/mol. The Labute approximate surface area is 95.3 Å². The van der Waals surface area contributed by atoms with E-state index in [-0.39, 0.29) is 11.9 Å². The molecule has 0 spiro atoms. The second-order valence-corrected chi connectivity index (χ2v) is 4.30. The van der Waals surface area contributed by atoms with E-state index in [2.05, 4.69) is 24.2 Å². The Bertz CT molecular complexity index is 500. The van der Waals surface area contributed by atoms with Crippen molar-refractivity contribution >= 4 is 0 Å². The molecule has 2 rings (SSSR count). The van der Waals surface area contributed by atoms with Gasteiger partial charge in [0.2, 0.25) is 5.88 Å². The molecule has 1 aromatic heterocycles. The normalized spacial score (nSPS) is 11.0. The molecular formula is C13H16N2O. The van der Waals surface area contributed by atoms with Crippen molar-refractivity contribution in [2.75, 3.05) is 0 Å². The second-order valence-electron chi connectivity index (χ2n) is 4.30. The Hall–Kier alpha value is -1.77. The molecule has 16 heavy (non-hydrogen) atoms. The second kappa shape index (κ2) is 4.00.